The Morgan fingerprint density at radius 1 is 0.980 bits per heavy atom. The van der Waals surface area contributed by atoms with Gasteiger partial charge in [-0.25, -0.2) is 9.36 Å². The van der Waals surface area contributed by atoms with Gasteiger partial charge in [0, 0.05) is 11.6 Å². The summed E-state index contributed by atoms with van der Waals surface area (Å²) < 4.78 is 32.8. The third-order valence-corrected chi connectivity index (χ3v) is 8.49. The van der Waals surface area contributed by atoms with Crippen molar-refractivity contribution in [1.82, 2.24) is 15.7 Å². The van der Waals surface area contributed by atoms with Crippen molar-refractivity contribution in [3.63, 3.8) is 0 Å². The van der Waals surface area contributed by atoms with E-state index in [0.717, 1.165) is 17.9 Å². The van der Waals surface area contributed by atoms with E-state index in [1.54, 1.807) is 44.2 Å². The molecule has 3 aromatic rings. The summed E-state index contributed by atoms with van der Waals surface area (Å²) in [6, 6.07) is 11.8. The maximum absolute atomic E-state index is 13.6. The Bertz CT molecular complexity index is 1660. The van der Waals surface area contributed by atoms with Crippen molar-refractivity contribution in [2.24, 2.45) is 5.92 Å². The normalized spacial score (nSPS) is 12.7. The van der Waals surface area contributed by atoms with E-state index in [4.69, 9.17) is 23.3 Å². The van der Waals surface area contributed by atoms with Crippen molar-refractivity contribution < 1.29 is 51.9 Å². The molecule has 0 spiro atoms. The second-order valence-electron chi connectivity index (χ2n) is 11.9. The third-order valence-electron chi connectivity index (χ3n) is 8.08. The fourth-order valence-electron chi connectivity index (χ4n) is 5.57. The molecule has 14 nitrogen and oxygen atoms in total. The molecule has 3 atom stereocenters. The number of hydrogen-bond donors (Lipinski definition) is 3. The number of benzene rings is 2. The van der Waals surface area contributed by atoms with Crippen molar-refractivity contribution in [1.29, 1.82) is 0 Å². The number of furan rings is 1. The van der Waals surface area contributed by atoms with Crippen LogP contribution in [0, 0.1) is 5.92 Å². The SMILES string of the molecule is CCCCCC(C(=O)NCNC(=O)c1ccc(-c2cc(OCC)cc(O[PH](=O)O)c2)o1)C(CC)N(C=O)OC(=O)c1ccc(OC)cc1C(C)C. The van der Waals surface area contributed by atoms with E-state index >= 15 is 0 Å². The van der Waals surface area contributed by atoms with Crippen molar-refractivity contribution in [2.75, 3.05) is 20.4 Å². The van der Waals surface area contributed by atoms with Crippen LogP contribution < -0.4 is 24.6 Å². The van der Waals surface area contributed by atoms with E-state index in [1.165, 1.54) is 25.3 Å². The molecule has 0 aliphatic carbocycles. The van der Waals surface area contributed by atoms with Crippen LogP contribution in [0.1, 0.15) is 99.1 Å². The van der Waals surface area contributed by atoms with E-state index in [1.807, 2.05) is 20.8 Å². The Labute approximate surface area is 298 Å². The highest BCUT2D eigenvalue weighted by atomic mass is 31.1. The lowest BCUT2D eigenvalue weighted by Gasteiger charge is -2.32. The molecule has 1 heterocycles. The number of methoxy groups -OCH3 is 1. The van der Waals surface area contributed by atoms with Crippen LogP contribution in [0.4, 0.5) is 0 Å². The molecular formula is C36H48N3O11P. The number of nitrogens with zero attached hydrogens (tertiary/aromatic N) is 1. The Kier molecular flexibility index (Phi) is 16.0. The van der Waals surface area contributed by atoms with Gasteiger partial charge < -0.3 is 38.8 Å². The third kappa shape index (κ3) is 11.6. The van der Waals surface area contributed by atoms with Crippen molar-refractivity contribution in [3.8, 4) is 28.6 Å². The summed E-state index contributed by atoms with van der Waals surface area (Å²) in [4.78, 5) is 67.0. The number of carbonyl (C=O) groups excluding carboxylic acids is 4. The topological polar surface area (TPSA) is 183 Å². The zero-order chi connectivity index (χ0) is 37.5. The lowest BCUT2D eigenvalue weighted by Crippen LogP contribution is -2.49. The number of nitrogens with one attached hydrogen (secondary N) is 2. The van der Waals surface area contributed by atoms with Gasteiger partial charge in [0.05, 0.1) is 37.9 Å². The maximum Gasteiger partial charge on any atom is 0.365 e. The first-order valence-corrected chi connectivity index (χ1v) is 18.2. The van der Waals surface area contributed by atoms with Crippen LogP contribution in [0.25, 0.3) is 11.3 Å². The highest BCUT2D eigenvalue weighted by Crippen LogP contribution is 2.34. The van der Waals surface area contributed by atoms with E-state index in [-0.39, 0.29) is 35.4 Å². The van der Waals surface area contributed by atoms with Gasteiger partial charge in [-0.15, -0.1) is 0 Å². The number of ether oxygens (including phenoxy) is 2. The Morgan fingerprint density at radius 2 is 1.73 bits per heavy atom. The molecular weight excluding hydrogens is 681 g/mol. The van der Waals surface area contributed by atoms with Crippen LogP contribution in [-0.2, 0) is 19.0 Å². The van der Waals surface area contributed by atoms with Crippen LogP contribution in [-0.4, -0.2) is 60.6 Å². The minimum Gasteiger partial charge on any atom is -0.497 e. The van der Waals surface area contributed by atoms with Crippen LogP contribution in [0.3, 0.4) is 0 Å². The quantitative estimate of drug-likeness (QED) is 0.0371. The molecule has 0 radical (unpaired) electrons. The number of hydrogen-bond acceptors (Lipinski definition) is 10. The lowest BCUT2D eigenvalue weighted by molar-refractivity contribution is -0.171. The molecule has 0 aliphatic rings. The van der Waals surface area contributed by atoms with Gasteiger partial charge in [-0.2, -0.15) is 5.06 Å². The number of rotatable bonds is 21. The average molecular weight is 730 g/mol. The molecule has 3 N–H and O–H groups in total. The van der Waals surface area contributed by atoms with Crippen LogP contribution in [0.2, 0.25) is 0 Å². The standard InChI is InChI=1S/C36H48N3O11P/c1-7-10-11-12-29(31(8-2)39(22-40)49-36(43)28-14-13-25(46-6)20-30(28)23(4)5)34(41)37-21-38-35(42)33-16-15-32(48-33)24-17-26(47-9-3)19-27(18-24)50-51(44)45/h13-20,22-23,29,31,51H,7-12,21H2,1-6H3,(H,37,41)(H,38,42)(H,44,45). The fourth-order valence-corrected chi connectivity index (χ4v) is 5.89. The summed E-state index contributed by atoms with van der Waals surface area (Å²) in [7, 11) is -1.74. The van der Waals surface area contributed by atoms with Gasteiger partial charge in [-0.1, -0.05) is 47.0 Å². The minimum absolute atomic E-state index is 0.0375. The first-order chi connectivity index (χ1) is 24.4. The van der Waals surface area contributed by atoms with Crippen LogP contribution in [0.5, 0.6) is 17.2 Å². The number of amides is 3. The summed E-state index contributed by atoms with van der Waals surface area (Å²) in [5.41, 5.74) is 1.41. The molecule has 3 unspecified atom stereocenters. The largest absolute Gasteiger partial charge is 0.497 e. The molecule has 0 saturated heterocycles. The van der Waals surface area contributed by atoms with E-state index < -0.39 is 38.0 Å². The Hall–Kier alpha value is -4.81. The van der Waals surface area contributed by atoms with Gasteiger partial charge in [-0.05, 0) is 73.7 Å². The highest BCUT2D eigenvalue weighted by Gasteiger charge is 2.34. The van der Waals surface area contributed by atoms with Gasteiger partial charge in [-0.3, -0.25) is 14.4 Å². The van der Waals surface area contributed by atoms with Gasteiger partial charge in [0.15, 0.2) is 5.76 Å². The van der Waals surface area contributed by atoms with Crippen LogP contribution >= 0.6 is 8.25 Å². The summed E-state index contributed by atoms with van der Waals surface area (Å²) in [5.74, 6) is -1.30. The van der Waals surface area contributed by atoms with E-state index in [2.05, 4.69) is 10.6 Å². The van der Waals surface area contributed by atoms with Gasteiger partial charge >= 0.3 is 14.2 Å². The molecule has 0 fully saturated rings. The number of hydroxylamine groups is 2. The first kappa shape index (κ1) is 40.6. The summed E-state index contributed by atoms with van der Waals surface area (Å²) in [6.07, 6.45) is 3.57. The molecule has 15 heteroatoms. The maximum atomic E-state index is 13.6. The van der Waals surface area contributed by atoms with Gasteiger partial charge in [0.25, 0.3) is 5.91 Å². The number of carbonyl (C=O) groups is 4. The second-order valence-corrected chi connectivity index (χ2v) is 12.6. The molecule has 0 aliphatic heterocycles. The molecule has 3 amide bonds. The smallest absolute Gasteiger partial charge is 0.365 e. The number of unbranched alkanes of at least 4 members (excludes halogenated alkanes) is 2. The molecule has 51 heavy (non-hydrogen) atoms. The first-order valence-electron chi connectivity index (χ1n) is 16.9. The highest BCUT2D eigenvalue weighted by molar-refractivity contribution is 7.32. The average Bonchev–Trinajstić information content (AvgIpc) is 3.61. The van der Waals surface area contributed by atoms with Crippen molar-refractivity contribution in [2.45, 2.75) is 78.7 Å². The van der Waals surface area contributed by atoms with Crippen LogP contribution in [0.15, 0.2) is 52.9 Å². The van der Waals surface area contributed by atoms with Gasteiger partial charge in [0.2, 0.25) is 12.3 Å². The summed E-state index contributed by atoms with van der Waals surface area (Å²) in [5, 5.41) is 6.23. The van der Waals surface area contributed by atoms with Crippen molar-refractivity contribution in [3.05, 3.63) is 65.4 Å². The van der Waals surface area contributed by atoms with Gasteiger partial charge in [0.1, 0.15) is 23.0 Å². The molecule has 0 saturated carbocycles. The molecule has 2 aromatic carbocycles. The Morgan fingerprint density at radius 3 is 2.35 bits per heavy atom. The fraction of sp³-hybridized carbons (Fsp3) is 0.444. The molecule has 1 aromatic heterocycles. The lowest BCUT2D eigenvalue weighted by atomic mass is 9.90. The predicted molar refractivity (Wildman–Crippen MR) is 190 cm³/mol. The molecule has 3 rings (SSSR count). The zero-order valence-corrected chi connectivity index (χ0v) is 30.9. The van der Waals surface area contributed by atoms with Crippen molar-refractivity contribution >= 4 is 32.4 Å². The second kappa shape index (κ2) is 20.1. The molecule has 0 bridgehead atoms. The minimum atomic E-state index is -3.27. The predicted octanol–water partition coefficient (Wildman–Crippen LogP) is 6.25. The monoisotopic (exact) mass is 729 g/mol. The summed E-state index contributed by atoms with van der Waals surface area (Å²) >= 11 is 0. The van der Waals surface area contributed by atoms with E-state index in [9.17, 15) is 28.6 Å². The summed E-state index contributed by atoms with van der Waals surface area (Å²) in [6.45, 7) is 9.55. The Balaban J connectivity index is 1.72. The zero-order valence-electron chi connectivity index (χ0n) is 29.9. The molecule has 278 valence electrons. The van der Waals surface area contributed by atoms with E-state index in [0.29, 0.717) is 54.9 Å².